The molecule has 0 radical (unpaired) electrons. The van der Waals surface area contributed by atoms with Gasteiger partial charge >= 0.3 is 0 Å². The van der Waals surface area contributed by atoms with Crippen molar-refractivity contribution < 1.29 is 4.79 Å². The van der Waals surface area contributed by atoms with Gasteiger partial charge in [-0.3, -0.25) is 0 Å². The van der Waals surface area contributed by atoms with Gasteiger partial charge in [0.2, 0.25) is 0 Å². The van der Waals surface area contributed by atoms with Crippen LogP contribution < -0.4 is 0 Å². The van der Waals surface area contributed by atoms with Gasteiger partial charge in [-0.15, -0.1) is 0 Å². The molecule has 0 aliphatic rings. The van der Waals surface area contributed by atoms with Gasteiger partial charge in [0, 0.05) is 4.90 Å². The highest BCUT2D eigenvalue weighted by Crippen LogP contribution is 2.36. The first-order valence-electron chi connectivity index (χ1n) is 6.18. The first-order chi connectivity index (χ1) is 8.25. The van der Waals surface area contributed by atoms with Crippen LogP contribution in [-0.4, -0.2) is 13.5 Å². The van der Waals surface area contributed by atoms with Crippen molar-refractivity contribution in [3.8, 4) is 0 Å². The third-order valence-corrected chi connectivity index (χ3v) is 9.62. The minimum absolute atomic E-state index is 0.103. The van der Waals surface area contributed by atoms with E-state index in [1.165, 1.54) is 0 Å². The second-order valence-electron chi connectivity index (χ2n) is 5.97. The van der Waals surface area contributed by atoms with E-state index in [4.69, 9.17) is 0 Å². The van der Waals surface area contributed by atoms with Crippen molar-refractivity contribution in [2.75, 3.05) is 0 Å². The predicted molar refractivity (Wildman–Crippen MR) is 83.6 cm³/mol. The number of carbonyl (C=O) groups excluding carboxylic acids is 1. The molecule has 0 bridgehead atoms. The van der Waals surface area contributed by atoms with Gasteiger partial charge < -0.3 is 4.79 Å². The van der Waals surface area contributed by atoms with Crippen molar-refractivity contribution in [3.05, 3.63) is 41.8 Å². The molecule has 1 aromatic carbocycles. The molecule has 1 nitrogen and oxygen atoms in total. The molecule has 0 aliphatic heterocycles. The van der Waals surface area contributed by atoms with Crippen LogP contribution in [0.25, 0.3) is 0 Å². The van der Waals surface area contributed by atoms with Gasteiger partial charge in [-0.1, -0.05) is 63.8 Å². The molecule has 1 rings (SSSR count). The molecule has 0 aromatic heterocycles. The number of allylic oxidation sites excluding steroid dienone is 1. The predicted octanol–water partition coefficient (Wildman–Crippen LogP) is 4.91. The number of benzene rings is 1. The van der Waals surface area contributed by atoms with Gasteiger partial charge in [0.15, 0.2) is 0 Å². The maximum absolute atomic E-state index is 12.3. The molecule has 0 atom stereocenters. The molecule has 0 fully saturated rings. The summed E-state index contributed by atoms with van der Waals surface area (Å²) in [5.74, 6) is 0. The lowest BCUT2D eigenvalue weighted by Crippen LogP contribution is -2.45. The van der Waals surface area contributed by atoms with Gasteiger partial charge in [0.25, 0.3) is 0 Å². The van der Waals surface area contributed by atoms with Gasteiger partial charge in [-0.05, 0) is 28.7 Å². The summed E-state index contributed by atoms with van der Waals surface area (Å²) in [7, 11) is -1.89. The fourth-order valence-corrected chi connectivity index (χ4v) is 3.27. The lowest BCUT2D eigenvalue weighted by atomic mass is 10.2. The Morgan fingerprint density at radius 3 is 2.22 bits per heavy atom. The van der Waals surface area contributed by atoms with E-state index < -0.39 is 8.07 Å². The number of hydrogen-bond acceptors (Lipinski definition) is 2. The molecular weight excluding hydrogens is 256 g/mol. The average Bonchev–Trinajstić information content (AvgIpc) is 2.28. The number of thioether (sulfide) groups is 1. The first kappa shape index (κ1) is 15.3. The van der Waals surface area contributed by atoms with Crippen LogP contribution in [0.3, 0.4) is 0 Å². The highest BCUT2D eigenvalue weighted by Gasteiger charge is 2.40. The molecular formula is C15H22OSSi. The number of hydrogen-bond donors (Lipinski definition) is 0. The fraction of sp³-hybridized carbons (Fsp3) is 0.400. The highest BCUT2D eigenvalue weighted by atomic mass is 32.2. The third-order valence-electron chi connectivity index (χ3n) is 3.66. The Balaban J connectivity index is 2.66. The van der Waals surface area contributed by atoms with Crippen LogP contribution in [0.5, 0.6) is 0 Å². The average molecular weight is 278 g/mol. The summed E-state index contributed by atoms with van der Waals surface area (Å²) in [5.41, 5.74) is 0. The topological polar surface area (TPSA) is 17.1 Å². The van der Waals surface area contributed by atoms with E-state index in [1.54, 1.807) is 17.8 Å². The van der Waals surface area contributed by atoms with Crippen molar-refractivity contribution in [1.29, 1.82) is 0 Å². The zero-order chi connectivity index (χ0) is 13.8. The summed E-state index contributed by atoms with van der Waals surface area (Å²) < 4.78 is 0. The van der Waals surface area contributed by atoms with Crippen LogP contribution in [-0.2, 0) is 4.79 Å². The van der Waals surface area contributed by atoms with E-state index in [-0.39, 0.29) is 5.04 Å². The second kappa shape index (κ2) is 5.89. The quantitative estimate of drug-likeness (QED) is 0.442. The van der Waals surface area contributed by atoms with Crippen LogP contribution in [0.1, 0.15) is 20.8 Å². The minimum atomic E-state index is -1.89. The largest absolute Gasteiger partial charge is 0.301 e. The van der Waals surface area contributed by atoms with Crippen LogP contribution >= 0.6 is 11.8 Å². The Kier molecular flexibility index (Phi) is 4.99. The molecule has 0 amide bonds. The van der Waals surface area contributed by atoms with Gasteiger partial charge in [0.1, 0.15) is 13.5 Å². The number of carbonyl (C=O) groups is 1. The maximum atomic E-state index is 12.3. The van der Waals surface area contributed by atoms with Gasteiger partial charge in [-0.2, -0.15) is 0 Å². The van der Waals surface area contributed by atoms with Gasteiger partial charge in [-0.25, -0.2) is 0 Å². The van der Waals surface area contributed by atoms with E-state index in [0.29, 0.717) is 5.41 Å². The summed E-state index contributed by atoms with van der Waals surface area (Å²) in [6.07, 6.45) is 1.76. The third kappa shape index (κ3) is 3.85. The maximum Gasteiger partial charge on any atom is 0.137 e. The van der Waals surface area contributed by atoms with Crippen molar-refractivity contribution in [1.82, 2.24) is 0 Å². The van der Waals surface area contributed by atoms with Crippen molar-refractivity contribution in [2.45, 2.75) is 43.8 Å². The van der Waals surface area contributed by atoms with Crippen LogP contribution in [0, 0.1) is 0 Å². The Labute approximate surface area is 116 Å². The Bertz CT molecular complexity index is 430. The highest BCUT2D eigenvalue weighted by molar-refractivity contribution is 8.02. The van der Waals surface area contributed by atoms with Crippen LogP contribution in [0.4, 0.5) is 0 Å². The van der Waals surface area contributed by atoms with Gasteiger partial charge in [0.05, 0.1) is 0 Å². The smallest absolute Gasteiger partial charge is 0.137 e. The first-order valence-corrected chi connectivity index (χ1v) is 10.1. The molecule has 0 N–H and O–H groups in total. The van der Waals surface area contributed by atoms with Crippen molar-refractivity contribution >= 4 is 25.2 Å². The molecule has 0 unspecified atom stereocenters. The molecule has 0 spiro atoms. The molecule has 98 valence electrons. The fourth-order valence-electron chi connectivity index (χ4n) is 1.25. The van der Waals surface area contributed by atoms with Crippen molar-refractivity contribution in [2.24, 2.45) is 0 Å². The lowest BCUT2D eigenvalue weighted by Gasteiger charge is -2.34. The van der Waals surface area contributed by atoms with E-state index in [2.05, 4.69) is 33.9 Å². The van der Waals surface area contributed by atoms with E-state index in [9.17, 15) is 4.79 Å². The monoisotopic (exact) mass is 278 g/mol. The zero-order valence-electron chi connectivity index (χ0n) is 11.9. The normalized spacial score (nSPS) is 12.9. The molecule has 18 heavy (non-hydrogen) atoms. The van der Waals surface area contributed by atoms with Crippen LogP contribution in [0.2, 0.25) is 18.1 Å². The molecule has 1 aromatic rings. The summed E-state index contributed by atoms with van der Waals surface area (Å²) in [5, 5.41) is 2.34. The Morgan fingerprint density at radius 2 is 1.72 bits per heavy atom. The Hall–Kier alpha value is -0.803. The van der Waals surface area contributed by atoms with E-state index in [0.717, 1.165) is 4.90 Å². The SMILES string of the molecule is CC(C)(C)[Si](C)(C)C(=O)/C=C\Sc1ccccc1. The summed E-state index contributed by atoms with van der Waals surface area (Å²) >= 11 is 1.60. The molecule has 0 saturated heterocycles. The summed E-state index contributed by atoms with van der Waals surface area (Å²) in [6.45, 7) is 10.8. The summed E-state index contributed by atoms with van der Waals surface area (Å²) in [6, 6.07) is 10.1. The molecule has 0 heterocycles. The molecule has 3 heteroatoms. The van der Waals surface area contributed by atoms with Crippen molar-refractivity contribution in [3.63, 3.8) is 0 Å². The molecule has 0 aliphatic carbocycles. The zero-order valence-corrected chi connectivity index (χ0v) is 13.7. The second-order valence-corrected chi connectivity index (χ2v) is 12.2. The standard InChI is InChI=1S/C15H22OSSi/c1-15(2,3)18(4,5)14(16)11-12-17-13-9-7-6-8-10-13/h6-12H,1-5H3/b12-11-. The number of rotatable bonds is 4. The summed E-state index contributed by atoms with van der Waals surface area (Å²) in [4.78, 5) is 13.4. The molecule has 0 saturated carbocycles. The Morgan fingerprint density at radius 1 is 1.17 bits per heavy atom. The minimum Gasteiger partial charge on any atom is -0.301 e. The van der Waals surface area contributed by atoms with E-state index in [1.807, 2.05) is 35.7 Å². The van der Waals surface area contributed by atoms with Crippen LogP contribution in [0.15, 0.2) is 46.7 Å². The van der Waals surface area contributed by atoms with E-state index >= 15 is 0 Å². The lowest BCUT2D eigenvalue weighted by molar-refractivity contribution is -0.108.